The van der Waals surface area contributed by atoms with E-state index in [0.717, 1.165) is 0 Å². The summed E-state index contributed by atoms with van der Waals surface area (Å²) in [7, 11) is 0. The van der Waals surface area contributed by atoms with Gasteiger partial charge in [0.1, 0.15) is 5.82 Å². The molecule has 0 bridgehead atoms. The minimum atomic E-state index is -0.647. The molecule has 0 aromatic carbocycles. The lowest BCUT2D eigenvalue weighted by Crippen LogP contribution is -2.25. The number of pyridine rings is 1. The minimum absolute atomic E-state index is 0.0172. The summed E-state index contributed by atoms with van der Waals surface area (Å²) in [6.45, 7) is 0. The molecule has 0 aliphatic carbocycles. The van der Waals surface area contributed by atoms with Crippen LogP contribution >= 0.6 is 0 Å². The fourth-order valence-corrected chi connectivity index (χ4v) is 2.21. The molecule has 9 heteroatoms. The number of rotatable bonds is 3. The van der Waals surface area contributed by atoms with E-state index in [0.29, 0.717) is 16.9 Å². The Balaban J connectivity index is 1.73. The van der Waals surface area contributed by atoms with Gasteiger partial charge < -0.3 is 10.3 Å². The zero-order chi connectivity index (χ0) is 15.0. The number of amides is 3. The summed E-state index contributed by atoms with van der Waals surface area (Å²) in [4.78, 5) is 48.0. The molecule has 0 saturated carbocycles. The molecule has 1 saturated heterocycles. The molecule has 3 rings (SSSR count). The number of hydrogen-bond donors (Lipinski definition) is 4. The number of fused-ring (bicyclic) bond motifs is 1. The molecule has 4 N–H and O–H groups in total. The van der Waals surface area contributed by atoms with Crippen LogP contribution in [0.4, 0.5) is 5.82 Å². The molecule has 108 valence electrons. The van der Waals surface area contributed by atoms with E-state index in [1.807, 2.05) is 0 Å². The van der Waals surface area contributed by atoms with E-state index < -0.39 is 17.7 Å². The molecule has 0 radical (unpaired) electrons. The quantitative estimate of drug-likeness (QED) is 0.550. The second-order valence-corrected chi connectivity index (χ2v) is 4.75. The first-order valence-corrected chi connectivity index (χ1v) is 6.24. The maximum atomic E-state index is 11.9. The smallest absolute Gasteiger partial charge is 0.249 e. The number of imide groups is 1. The van der Waals surface area contributed by atoms with E-state index in [9.17, 15) is 19.2 Å². The molecule has 2 aromatic heterocycles. The van der Waals surface area contributed by atoms with Crippen molar-refractivity contribution < 1.29 is 14.4 Å². The van der Waals surface area contributed by atoms with Crippen molar-refractivity contribution in [3.8, 4) is 0 Å². The highest BCUT2D eigenvalue weighted by Gasteiger charge is 2.32. The third-order valence-corrected chi connectivity index (χ3v) is 3.21. The van der Waals surface area contributed by atoms with Crippen LogP contribution in [-0.2, 0) is 14.4 Å². The molecule has 1 aliphatic rings. The first-order chi connectivity index (χ1) is 10.0. The van der Waals surface area contributed by atoms with Gasteiger partial charge in [-0.05, 0) is 6.07 Å². The van der Waals surface area contributed by atoms with E-state index in [1.54, 1.807) is 0 Å². The number of nitrogens with zero attached hydrogens (tertiary/aromatic N) is 1. The molecule has 1 atom stereocenters. The summed E-state index contributed by atoms with van der Waals surface area (Å²) in [6.07, 6.45) is -0.0786. The van der Waals surface area contributed by atoms with Gasteiger partial charge in [-0.1, -0.05) is 0 Å². The van der Waals surface area contributed by atoms with Crippen molar-refractivity contribution in [2.24, 2.45) is 5.92 Å². The number of H-pyrrole nitrogens is 2. The van der Waals surface area contributed by atoms with Crippen molar-refractivity contribution in [1.29, 1.82) is 0 Å². The molecule has 0 spiro atoms. The number of aromatic amines is 2. The first kappa shape index (κ1) is 13.0. The average molecular weight is 289 g/mol. The van der Waals surface area contributed by atoms with Crippen molar-refractivity contribution in [2.45, 2.75) is 12.8 Å². The van der Waals surface area contributed by atoms with Gasteiger partial charge in [0.15, 0.2) is 5.65 Å². The Morgan fingerprint density at radius 2 is 2.14 bits per heavy atom. The third kappa shape index (κ3) is 2.53. The highest BCUT2D eigenvalue weighted by Crippen LogP contribution is 2.19. The first-order valence-electron chi connectivity index (χ1n) is 6.24. The number of carbonyl (C=O) groups is 3. The molecule has 1 aliphatic heterocycles. The van der Waals surface area contributed by atoms with Crippen LogP contribution in [0.5, 0.6) is 0 Å². The lowest BCUT2D eigenvalue weighted by molar-refractivity contribution is -0.127. The van der Waals surface area contributed by atoms with E-state index in [1.165, 1.54) is 12.1 Å². The summed E-state index contributed by atoms with van der Waals surface area (Å²) in [6, 6.07) is 2.84. The van der Waals surface area contributed by atoms with Gasteiger partial charge in [-0.25, -0.2) is 0 Å². The molecule has 1 fully saturated rings. The summed E-state index contributed by atoms with van der Waals surface area (Å²) in [5.41, 5.74) is 0.0274. The number of carbonyl (C=O) groups excluding carboxylic acids is 3. The van der Waals surface area contributed by atoms with E-state index in [4.69, 9.17) is 0 Å². The maximum absolute atomic E-state index is 11.9. The van der Waals surface area contributed by atoms with Crippen LogP contribution in [0.25, 0.3) is 11.0 Å². The summed E-state index contributed by atoms with van der Waals surface area (Å²) < 4.78 is 0. The summed E-state index contributed by atoms with van der Waals surface area (Å²) in [5, 5.41) is 11.7. The lowest BCUT2D eigenvalue weighted by atomic mass is 10.0. The van der Waals surface area contributed by atoms with E-state index >= 15 is 0 Å². The molecular formula is C12H11N5O4. The van der Waals surface area contributed by atoms with Gasteiger partial charge in [0.2, 0.25) is 23.3 Å². The molecule has 2 aromatic rings. The van der Waals surface area contributed by atoms with Crippen LogP contribution in [0, 0.1) is 5.92 Å². The predicted molar refractivity (Wildman–Crippen MR) is 71.2 cm³/mol. The number of aromatic nitrogens is 3. The van der Waals surface area contributed by atoms with Gasteiger partial charge in [-0.15, -0.1) is 0 Å². The number of nitrogens with one attached hydrogen (secondary N) is 4. The Kier molecular flexibility index (Phi) is 3.01. The Morgan fingerprint density at radius 3 is 2.86 bits per heavy atom. The zero-order valence-corrected chi connectivity index (χ0v) is 10.7. The topological polar surface area (TPSA) is 137 Å². The van der Waals surface area contributed by atoms with Gasteiger partial charge in [-0.2, -0.15) is 5.10 Å². The van der Waals surface area contributed by atoms with Crippen molar-refractivity contribution in [3.05, 3.63) is 22.5 Å². The van der Waals surface area contributed by atoms with Crippen molar-refractivity contribution >= 4 is 34.6 Å². The number of anilines is 1. The minimum Gasteiger partial charge on any atom is -0.310 e. The Hall–Kier alpha value is -2.97. The van der Waals surface area contributed by atoms with Crippen LogP contribution in [0.15, 0.2) is 16.9 Å². The highest BCUT2D eigenvalue weighted by atomic mass is 16.2. The van der Waals surface area contributed by atoms with Crippen molar-refractivity contribution in [3.63, 3.8) is 0 Å². The molecule has 21 heavy (non-hydrogen) atoms. The fraction of sp³-hybridized carbons (Fsp3) is 0.250. The molecule has 3 heterocycles. The highest BCUT2D eigenvalue weighted by molar-refractivity contribution is 6.06. The van der Waals surface area contributed by atoms with E-state index in [-0.39, 0.29) is 24.3 Å². The largest absolute Gasteiger partial charge is 0.310 e. The van der Waals surface area contributed by atoms with Crippen LogP contribution in [0.3, 0.4) is 0 Å². The van der Waals surface area contributed by atoms with Gasteiger partial charge in [0.05, 0.1) is 11.3 Å². The zero-order valence-electron chi connectivity index (χ0n) is 10.7. The fourth-order valence-electron chi connectivity index (χ4n) is 2.21. The second-order valence-electron chi connectivity index (χ2n) is 4.75. The molecule has 9 nitrogen and oxygen atoms in total. The van der Waals surface area contributed by atoms with Gasteiger partial charge in [-0.3, -0.25) is 29.6 Å². The van der Waals surface area contributed by atoms with Crippen LogP contribution in [0.1, 0.15) is 12.8 Å². The van der Waals surface area contributed by atoms with Crippen LogP contribution < -0.4 is 16.2 Å². The maximum Gasteiger partial charge on any atom is 0.249 e. The van der Waals surface area contributed by atoms with E-state index in [2.05, 4.69) is 25.8 Å². The number of hydrogen-bond acceptors (Lipinski definition) is 5. The summed E-state index contributed by atoms with van der Waals surface area (Å²) in [5.74, 6) is -1.54. The third-order valence-electron chi connectivity index (χ3n) is 3.21. The predicted octanol–water partition coefficient (Wildman–Crippen LogP) is -0.758. The Bertz CT molecular complexity index is 805. The van der Waals surface area contributed by atoms with Crippen LogP contribution in [-0.4, -0.2) is 32.9 Å². The van der Waals surface area contributed by atoms with Gasteiger partial charge in [0.25, 0.3) is 0 Å². The van der Waals surface area contributed by atoms with Crippen LogP contribution in [0.2, 0.25) is 0 Å². The SMILES string of the molecule is O=C1CC(CC(=O)Nc2[nH]nc3[nH]c(=O)ccc23)C(=O)N1. The van der Waals surface area contributed by atoms with Crippen molar-refractivity contribution in [1.82, 2.24) is 20.5 Å². The Labute approximate surface area is 117 Å². The van der Waals surface area contributed by atoms with Gasteiger partial charge in [0, 0.05) is 18.9 Å². The lowest BCUT2D eigenvalue weighted by Gasteiger charge is -2.06. The summed E-state index contributed by atoms with van der Waals surface area (Å²) >= 11 is 0. The Morgan fingerprint density at radius 1 is 1.33 bits per heavy atom. The van der Waals surface area contributed by atoms with Gasteiger partial charge >= 0.3 is 0 Å². The molecular weight excluding hydrogens is 278 g/mol. The molecule has 3 amide bonds. The van der Waals surface area contributed by atoms with Crippen molar-refractivity contribution in [2.75, 3.05) is 5.32 Å². The normalized spacial score (nSPS) is 18.0. The molecule has 1 unspecified atom stereocenters. The average Bonchev–Trinajstić information content (AvgIpc) is 2.93. The monoisotopic (exact) mass is 289 g/mol. The second kappa shape index (κ2) is 4.85. The standard InChI is InChI=1S/C12H11N5O4/c18-7-2-1-6-10(13-7)16-17-11(6)14-8(19)3-5-4-9(20)15-12(5)21/h1-2,5H,3-4H2,(H,15,20,21)(H3,13,14,16,17,18,19).